The third-order valence-electron chi connectivity index (χ3n) is 4.41. The van der Waals surface area contributed by atoms with Crippen LogP contribution in [0.2, 0.25) is 0 Å². The maximum Gasteiger partial charge on any atom is 0.299 e. The molecule has 3 aromatic heterocycles. The summed E-state index contributed by atoms with van der Waals surface area (Å²) in [5, 5.41) is 18.3. The predicted octanol–water partition coefficient (Wildman–Crippen LogP) is 4.94. The highest BCUT2D eigenvalue weighted by molar-refractivity contribution is 7.99. The highest BCUT2D eigenvalue weighted by atomic mass is 32.2. The molecule has 31 heavy (non-hydrogen) atoms. The first-order valence-corrected chi connectivity index (χ1v) is 10.9. The van der Waals surface area contributed by atoms with Crippen molar-refractivity contribution in [2.24, 2.45) is 0 Å². The van der Waals surface area contributed by atoms with Crippen molar-refractivity contribution >= 4 is 40.6 Å². The third-order valence-corrected chi connectivity index (χ3v) is 6.13. The number of hydrogen-bond donors (Lipinski definition) is 1. The number of benzene rings is 2. The molecular formula is C22H14N4O3S2. The topological polar surface area (TPSA) is 90.1 Å². The van der Waals surface area contributed by atoms with Crippen LogP contribution in [0.15, 0.2) is 82.0 Å². The van der Waals surface area contributed by atoms with Gasteiger partial charge in [0.05, 0.1) is 5.38 Å². The van der Waals surface area contributed by atoms with Crippen LogP contribution in [0.5, 0.6) is 11.6 Å². The molecule has 7 nitrogen and oxygen atoms in total. The fraction of sp³-hybridized carbons (Fsp3) is 0. The minimum Gasteiger partial charge on any atom is -0.508 e. The van der Waals surface area contributed by atoms with Crippen molar-refractivity contribution in [2.45, 2.75) is 9.92 Å². The van der Waals surface area contributed by atoms with Crippen LogP contribution in [0.4, 0.5) is 0 Å². The Bertz CT molecular complexity index is 1380. The molecule has 0 aliphatic carbocycles. The number of thiazole rings is 1. The number of rotatable bonds is 6. The van der Waals surface area contributed by atoms with Crippen molar-refractivity contribution in [1.29, 1.82) is 0 Å². The SMILES string of the molecule is O=COc1csc(-n2nc(-c3ccccc3)c3ccc(Sc4cccc(O)c4)nc32)n1. The Morgan fingerprint density at radius 2 is 1.90 bits per heavy atom. The maximum atomic E-state index is 10.7. The van der Waals surface area contributed by atoms with Gasteiger partial charge in [0.2, 0.25) is 11.0 Å². The van der Waals surface area contributed by atoms with Gasteiger partial charge in [0.25, 0.3) is 6.47 Å². The lowest BCUT2D eigenvalue weighted by atomic mass is 10.1. The van der Waals surface area contributed by atoms with Crippen LogP contribution < -0.4 is 4.74 Å². The van der Waals surface area contributed by atoms with Crippen LogP contribution in [-0.4, -0.2) is 31.3 Å². The van der Waals surface area contributed by atoms with Crippen LogP contribution in [-0.2, 0) is 4.79 Å². The molecule has 0 saturated heterocycles. The van der Waals surface area contributed by atoms with Crippen LogP contribution in [0.25, 0.3) is 27.4 Å². The minimum atomic E-state index is 0.202. The van der Waals surface area contributed by atoms with Crippen molar-refractivity contribution < 1.29 is 14.6 Å². The molecule has 0 saturated carbocycles. The highest BCUT2D eigenvalue weighted by Crippen LogP contribution is 2.34. The summed E-state index contributed by atoms with van der Waals surface area (Å²) in [6.07, 6.45) is 0. The minimum absolute atomic E-state index is 0.202. The van der Waals surface area contributed by atoms with Gasteiger partial charge in [0.1, 0.15) is 16.5 Å². The number of pyridine rings is 1. The van der Waals surface area contributed by atoms with E-state index in [-0.39, 0.29) is 11.6 Å². The van der Waals surface area contributed by atoms with E-state index in [2.05, 4.69) is 4.98 Å². The van der Waals surface area contributed by atoms with E-state index in [1.165, 1.54) is 23.1 Å². The van der Waals surface area contributed by atoms with E-state index < -0.39 is 0 Å². The Kier molecular flexibility index (Phi) is 5.11. The zero-order valence-electron chi connectivity index (χ0n) is 15.9. The number of aromatic hydroxyl groups is 1. The second-order valence-corrected chi connectivity index (χ2v) is 8.36. The van der Waals surface area contributed by atoms with Gasteiger partial charge in [-0.05, 0) is 30.3 Å². The first kappa shape index (κ1) is 19.3. The predicted molar refractivity (Wildman–Crippen MR) is 119 cm³/mol. The largest absolute Gasteiger partial charge is 0.508 e. The van der Waals surface area contributed by atoms with Crippen LogP contribution >= 0.6 is 23.1 Å². The van der Waals surface area contributed by atoms with Gasteiger partial charge in [-0.1, -0.05) is 59.5 Å². The lowest BCUT2D eigenvalue weighted by Gasteiger charge is -2.03. The molecule has 0 unspecified atom stereocenters. The number of phenolic OH excluding ortho intramolecular Hbond substituents is 1. The van der Waals surface area contributed by atoms with Crippen molar-refractivity contribution in [3.05, 3.63) is 72.1 Å². The van der Waals surface area contributed by atoms with Crippen LogP contribution in [0, 0.1) is 0 Å². The molecule has 0 amide bonds. The molecule has 0 aliphatic heterocycles. The average Bonchev–Trinajstić information content (AvgIpc) is 3.39. The summed E-state index contributed by atoms with van der Waals surface area (Å²) in [6, 6.07) is 20.8. The molecule has 0 atom stereocenters. The number of hydrogen-bond acceptors (Lipinski definition) is 8. The van der Waals surface area contributed by atoms with Crippen LogP contribution in [0.3, 0.4) is 0 Å². The van der Waals surface area contributed by atoms with Gasteiger partial charge >= 0.3 is 0 Å². The number of nitrogens with zero attached hydrogens (tertiary/aromatic N) is 4. The summed E-state index contributed by atoms with van der Waals surface area (Å²) >= 11 is 2.74. The molecule has 1 N–H and O–H groups in total. The Labute approximate surface area is 185 Å². The van der Waals surface area contributed by atoms with Gasteiger partial charge in [-0.2, -0.15) is 14.8 Å². The first-order chi connectivity index (χ1) is 15.2. The molecule has 9 heteroatoms. The van der Waals surface area contributed by atoms with Crippen LogP contribution in [0.1, 0.15) is 0 Å². The van der Waals surface area contributed by atoms with Gasteiger partial charge in [-0.25, -0.2) is 4.98 Å². The smallest absolute Gasteiger partial charge is 0.299 e. The Morgan fingerprint density at radius 3 is 2.71 bits per heavy atom. The third kappa shape index (κ3) is 3.88. The summed E-state index contributed by atoms with van der Waals surface area (Å²) in [7, 11) is 0. The summed E-state index contributed by atoms with van der Waals surface area (Å²) in [6.45, 7) is 0.345. The molecule has 0 aliphatic rings. The van der Waals surface area contributed by atoms with E-state index in [9.17, 15) is 9.90 Å². The molecule has 0 radical (unpaired) electrons. The van der Waals surface area contributed by atoms with E-state index in [0.29, 0.717) is 17.3 Å². The van der Waals surface area contributed by atoms with Gasteiger partial charge in [-0.3, -0.25) is 4.79 Å². The molecule has 0 fully saturated rings. The van der Waals surface area contributed by atoms with Gasteiger partial charge in [-0.15, -0.1) is 0 Å². The highest BCUT2D eigenvalue weighted by Gasteiger charge is 2.18. The zero-order chi connectivity index (χ0) is 21.2. The van der Waals surface area contributed by atoms with Crippen molar-refractivity contribution in [3.63, 3.8) is 0 Å². The standard InChI is InChI=1S/C22H14N4O3S2/c27-13-29-18-12-30-22(23-18)26-21-17(20(25-26)14-5-2-1-3-6-14)9-10-19(24-21)31-16-8-4-7-15(28)11-16/h1-13,28H. The second kappa shape index (κ2) is 8.21. The molecule has 5 aromatic rings. The van der Waals surface area contributed by atoms with Crippen molar-refractivity contribution in [2.75, 3.05) is 0 Å². The Morgan fingerprint density at radius 1 is 1.03 bits per heavy atom. The number of carbonyl (C=O) groups is 1. The number of aromatic nitrogens is 4. The number of ether oxygens (including phenoxy) is 1. The molecule has 5 rings (SSSR count). The average molecular weight is 447 g/mol. The molecule has 0 bridgehead atoms. The normalized spacial score (nSPS) is 11.0. The first-order valence-electron chi connectivity index (χ1n) is 9.19. The van der Waals surface area contributed by atoms with E-state index in [0.717, 1.165) is 26.6 Å². The number of fused-ring (bicyclic) bond motifs is 1. The molecular weight excluding hydrogens is 432 g/mol. The number of carbonyl (C=O) groups excluding carboxylic acids is 1. The zero-order valence-corrected chi connectivity index (χ0v) is 17.5. The Hall–Kier alpha value is -3.69. The van der Waals surface area contributed by atoms with Gasteiger partial charge in [0, 0.05) is 15.8 Å². The quantitative estimate of drug-likeness (QED) is 0.370. The fourth-order valence-electron chi connectivity index (χ4n) is 3.10. The van der Waals surface area contributed by atoms with Gasteiger partial charge in [0.15, 0.2) is 5.65 Å². The summed E-state index contributed by atoms with van der Waals surface area (Å²) < 4.78 is 6.51. The maximum absolute atomic E-state index is 10.7. The van der Waals surface area contributed by atoms with E-state index in [1.807, 2.05) is 48.5 Å². The lowest BCUT2D eigenvalue weighted by Crippen LogP contribution is -1.98. The van der Waals surface area contributed by atoms with E-state index in [4.69, 9.17) is 14.8 Å². The van der Waals surface area contributed by atoms with E-state index >= 15 is 0 Å². The van der Waals surface area contributed by atoms with Crippen molar-refractivity contribution in [3.8, 4) is 28.0 Å². The second-order valence-electron chi connectivity index (χ2n) is 6.43. The summed E-state index contributed by atoms with van der Waals surface area (Å²) in [4.78, 5) is 20.7. The summed E-state index contributed by atoms with van der Waals surface area (Å²) in [5.41, 5.74) is 2.38. The van der Waals surface area contributed by atoms with Gasteiger partial charge < -0.3 is 9.84 Å². The number of phenols is 1. The van der Waals surface area contributed by atoms with E-state index in [1.54, 1.807) is 28.3 Å². The van der Waals surface area contributed by atoms with Crippen molar-refractivity contribution in [1.82, 2.24) is 19.7 Å². The molecule has 0 spiro atoms. The molecule has 2 aromatic carbocycles. The fourth-order valence-corrected chi connectivity index (χ4v) is 4.62. The molecule has 3 heterocycles. The summed E-state index contributed by atoms with van der Waals surface area (Å²) in [5.74, 6) is 0.415. The lowest BCUT2D eigenvalue weighted by molar-refractivity contribution is -0.120. The molecule has 152 valence electrons. The Balaban J connectivity index is 1.64. The monoisotopic (exact) mass is 446 g/mol.